The fourth-order valence-corrected chi connectivity index (χ4v) is 2.17. The highest BCUT2D eigenvalue weighted by molar-refractivity contribution is 7.90. The Hall–Kier alpha value is -0.940. The quantitative estimate of drug-likeness (QED) is 0.460. The molecule has 1 aromatic carbocycles. The third kappa shape index (κ3) is 2.52. The molecule has 0 saturated heterocycles. The predicted molar refractivity (Wildman–Crippen MR) is 52.8 cm³/mol. The van der Waals surface area contributed by atoms with Gasteiger partial charge in [0.1, 0.15) is 0 Å². The number of hydrogen-bond donors (Lipinski definition) is 0. The summed E-state index contributed by atoms with van der Waals surface area (Å²) in [4.78, 5) is 1.97. The summed E-state index contributed by atoms with van der Waals surface area (Å²) in [7, 11) is -4.02. The van der Waals surface area contributed by atoms with Crippen LogP contribution in [0.3, 0.4) is 0 Å². The van der Waals surface area contributed by atoms with Crippen LogP contribution in [-0.4, -0.2) is 8.42 Å². The summed E-state index contributed by atoms with van der Waals surface area (Å²) in [6.45, 7) is 0. The van der Waals surface area contributed by atoms with Gasteiger partial charge in [-0.25, -0.2) is 8.42 Å². The van der Waals surface area contributed by atoms with Crippen molar-refractivity contribution in [1.29, 1.82) is 0 Å². The van der Waals surface area contributed by atoms with Crippen LogP contribution in [0.1, 0.15) is 0 Å². The van der Waals surface area contributed by atoms with Gasteiger partial charge in [-0.15, -0.1) is 0 Å². The summed E-state index contributed by atoms with van der Waals surface area (Å²) in [5, 5.41) is 0.313. The van der Waals surface area contributed by atoms with Crippen LogP contribution in [0.25, 0.3) is 10.4 Å². The molecule has 5 nitrogen and oxygen atoms in total. The maximum atomic E-state index is 11.2. The third-order valence-electron chi connectivity index (χ3n) is 1.28. The largest absolute Gasteiger partial charge is 0.264 e. The van der Waals surface area contributed by atoms with Crippen molar-refractivity contribution in [3.63, 3.8) is 0 Å². The summed E-state index contributed by atoms with van der Waals surface area (Å²) < 4.78 is 25.0. The van der Waals surface area contributed by atoms with Crippen molar-refractivity contribution in [2.75, 3.05) is 0 Å². The first-order valence-corrected chi connectivity index (χ1v) is 5.43. The number of benzene rings is 1. The molecule has 1 aromatic rings. The third-order valence-corrected chi connectivity index (χ3v) is 2.83. The standard InChI is InChI=1S/C6H3Cl2N3O2S/c7-4-1-5(8)3-6(2-4)14(12,13)11-10-9/h1-3H. The normalized spacial score (nSPS) is 10.7. The van der Waals surface area contributed by atoms with E-state index in [2.05, 4.69) is 9.43 Å². The highest BCUT2D eigenvalue weighted by atomic mass is 35.5. The predicted octanol–water partition coefficient (Wildman–Crippen LogP) is 2.99. The van der Waals surface area contributed by atoms with Crippen LogP contribution in [0.15, 0.2) is 27.6 Å². The van der Waals surface area contributed by atoms with Gasteiger partial charge >= 0.3 is 0 Å². The highest BCUT2D eigenvalue weighted by Crippen LogP contribution is 2.23. The molecule has 14 heavy (non-hydrogen) atoms. The van der Waals surface area contributed by atoms with Crippen LogP contribution >= 0.6 is 23.2 Å². The molecule has 0 radical (unpaired) electrons. The fourth-order valence-electron chi connectivity index (χ4n) is 0.773. The number of rotatable bonds is 2. The summed E-state index contributed by atoms with van der Waals surface area (Å²) in [6.07, 6.45) is 0. The molecule has 0 unspecified atom stereocenters. The second-order valence-corrected chi connectivity index (χ2v) is 4.71. The zero-order valence-electron chi connectivity index (χ0n) is 6.55. The van der Waals surface area contributed by atoms with Crippen molar-refractivity contribution in [2.45, 2.75) is 4.90 Å². The Morgan fingerprint density at radius 3 is 2.14 bits per heavy atom. The number of halogens is 2. The molecule has 0 heterocycles. The molecule has 0 aromatic heterocycles. The van der Waals surface area contributed by atoms with E-state index >= 15 is 0 Å². The molecular formula is C6H3Cl2N3O2S. The number of nitrogens with zero attached hydrogens (tertiary/aromatic N) is 3. The van der Waals surface area contributed by atoms with Crippen LogP contribution in [0, 0.1) is 0 Å². The molecular weight excluding hydrogens is 249 g/mol. The Labute approximate surface area is 89.9 Å². The Bertz CT molecular complexity index is 488. The van der Waals surface area contributed by atoms with Gasteiger partial charge in [-0.1, -0.05) is 23.2 Å². The molecule has 0 amide bonds. The van der Waals surface area contributed by atoms with Gasteiger partial charge in [0.25, 0.3) is 10.0 Å². The summed E-state index contributed by atoms with van der Waals surface area (Å²) >= 11 is 11.1. The smallest absolute Gasteiger partial charge is 0.216 e. The van der Waals surface area contributed by atoms with Crippen molar-refractivity contribution in [1.82, 2.24) is 0 Å². The SMILES string of the molecule is [N-]=[N+]=NS(=O)(=O)c1cc(Cl)cc(Cl)c1. The molecule has 0 aliphatic carbocycles. The van der Waals surface area contributed by atoms with E-state index in [0.29, 0.717) is 0 Å². The molecule has 0 spiro atoms. The second kappa shape index (κ2) is 4.06. The van der Waals surface area contributed by atoms with Gasteiger partial charge in [0.2, 0.25) is 0 Å². The van der Waals surface area contributed by atoms with Gasteiger partial charge in [0.05, 0.1) is 4.90 Å². The Morgan fingerprint density at radius 1 is 1.21 bits per heavy atom. The fraction of sp³-hybridized carbons (Fsp3) is 0. The Balaban J connectivity index is 3.40. The van der Waals surface area contributed by atoms with E-state index in [1.54, 1.807) is 0 Å². The number of hydrogen-bond acceptors (Lipinski definition) is 2. The lowest BCUT2D eigenvalue weighted by atomic mass is 10.4. The lowest BCUT2D eigenvalue weighted by Gasteiger charge is -1.98. The summed E-state index contributed by atoms with van der Waals surface area (Å²) in [5.74, 6) is 0. The minimum Gasteiger partial charge on any atom is -0.216 e. The highest BCUT2D eigenvalue weighted by Gasteiger charge is 2.13. The molecule has 0 bridgehead atoms. The number of sulfonamides is 1. The Morgan fingerprint density at radius 2 is 1.71 bits per heavy atom. The Kier molecular flexibility index (Phi) is 3.23. The molecule has 0 aliphatic heterocycles. The molecule has 8 heteroatoms. The van der Waals surface area contributed by atoms with E-state index in [1.165, 1.54) is 6.07 Å². The topological polar surface area (TPSA) is 82.9 Å². The van der Waals surface area contributed by atoms with Crippen LogP contribution in [0.2, 0.25) is 10.0 Å². The van der Waals surface area contributed by atoms with Gasteiger partial charge in [-0.3, -0.25) is 0 Å². The molecule has 0 aliphatic rings. The van der Waals surface area contributed by atoms with E-state index in [4.69, 9.17) is 28.7 Å². The molecule has 1 rings (SSSR count). The zero-order chi connectivity index (χ0) is 10.8. The van der Waals surface area contributed by atoms with E-state index in [0.717, 1.165) is 12.1 Å². The van der Waals surface area contributed by atoms with Crippen LogP contribution < -0.4 is 0 Å². The summed E-state index contributed by atoms with van der Waals surface area (Å²) in [5.41, 5.74) is 8.01. The van der Waals surface area contributed by atoms with Crippen LogP contribution in [0.5, 0.6) is 0 Å². The first-order valence-electron chi connectivity index (χ1n) is 3.23. The van der Waals surface area contributed by atoms with Crippen molar-refractivity contribution in [3.8, 4) is 0 Å². The number of azide groups is 1. The summed E-state index contributed by atoms with van der Waals surface area (Å²) in [6, 6.07) is 3.67. The monoisotopic (exact) mass is 251 g/mol. The van der Waals surface area contributed by atoms with Crippen LogP contribution in [-0.2, 0) is 10.0 Å². The average molecular weight is 252 g/mol. The van der Waals surface area contributed by atoms with E-state index in [1.807, 2.05) is 0 Å². The van der Waals surface area contributed by atoms with Crippen molar-refractivity contribution in [3.05, 3.63) is 38.7 Å². The minimum atomic E-state index is -4.02. The van der Waals surface area contributed by atoms with Gasteiger partial charge in [0.15, 0.2) is 0 Å². The second-order valence-electron chi connectivity index (χ2n) is 2.25. The lowest BCUT2D eigenvalue weighted by Crippen LogP contribution is -1.94. The van der Waals surface area contributed by atoms with E-state index in [9.17, 15) is 8.42 Å². The maximum Gasteiger partial charge on any atom is 0.264 e. The zero-order valence-corrected chi connectivity index (χ0v) is 8.88. The average Bonchev–Trinajstić information content (AvgIpc) is 2.02. The van der Waals surface area contributed by atoms with E-state index in [-0.39, 0.29) is 14.9 Å². The van der Waals surface area contributed by atoms with Gasteiger partial charge in [-0.05, 0) is 23.7 Å². The molecule has 0 N–H and O–H groups in total. The molecule has 0 fully saturated rings. The van der Waals surface area contributed by atoms with Gasteiger partial charge < -0.3 is 0 Å². The molecule has 74 valence electrons. The van der Waals surface area contributed by atoms with Crippen molar-refractivity contribution >= 4 is 33.2 Å². The molecule has 0 saturated carbocycles. The first-order chi connectivity index (χ1) is 6.45. The lowest BCUT2D eigenvalue weighted by molar-refractivity contribution is 0.597. The minimum absolute atomic E-state index is 0.157. The van der Waals surface area contributed by atoms with Crippen LogP contribution in [0.4, 0.5) is 0 Å². The first kappa shape index (κ1) is 11.1. The van der Waals surface area contributed by atoms with Gasteiger partial charge in [-0.2, -0.15) is 0 Å². The van der Waals surface area contributed by atoms with Gasteiger partial charge in [0, 0.05) is 19.5 Å². The van der Waals surface area contributed by atoms with Crippen molar-refractivity contribution < 1.29 is 8.42 Å². The van der Waals surface area contributed by atoms with Crippen molar-refractivity contribution in [2.24, 2.45) is 4.52 Å². The molecule has 0 atom stereocenters. The maximum absolute atomic E-state index is 11.2. The van der Waals surface area contributed by atoms with E-state index < -0.39 is 10.0 Å².